The number of benzene rings is 1. The highest BCUT2D eigenvalue weighted by Gasteiger charge is 2.38. The molecule has 0 saturated heterocycles. The van der Waals surface area contributed by atoms with E-state index in [9.17, 15) is 22.4 Å². The minimum absolute atomic E-state index is 0.128. The van der Waals surface area contributed by atoms with Crippen molar-refractivity contribution in [3.8, 4) is 17.0 Å². The number of aromatic nitrogens is 2. The van der Waals surface area contributed by atoms with Crippen molar-refractivity contribution in [3.63, 3.8) is 0 Å². The van der Waals surface area contributed by atoms with E-state index in [1.54, 1.807) is 35.8 Å². The summed E-state index contributed by atoms with van der Waals surface area (Å²) in [5.41, 5.74) is 1.50. The van der Waals surface area contributed by atoms with Crippen LogP contribution in [0.15, 0.2) is 54.2 Å². The van der Waals surface area contributed by atoms with Crippen molar-refractivity contribution >= 4 is 28.3 Å². The SMILES string of the molecule is O=C(COc1ccc(-c2ccc(F)cc2)nc1)Nc1nccs1.O=C(O)C(F)(F)F. The van der Waals surface area contributed by atoms with Gasteiger partial charge in [0.2, 0.25) is 0 Å². The maximum Gasteiger partial charge on any atom is 0.490 e. The first-order valence-electron chi connectivity index (χ1n) is 7.99. The van der Waals surface area contributed by atoms with Crippen LogP contribution in [0.2, 0.25) is 0 Å². The maximum atomic E-state index is 12.9. The van der Waals surface area contributed by atoms with Crippen molar-refractivity contribution in [1.29, 1.82) is 0 Å². The highest BCUT2D eigenvalue weighted by atomic mass is 32.1. The number of pyridine rings is 1. The predicted octanol–water partition coefficient (Wildman–Crippen LogP) is 4.00. The average Bonchev–Trinajstić information content (AvgIpc) is 3.20. The van der Waals surface area contributed by atoms with Gasteiger partial charge >= 0.3 is 12.1 Å². The lowest BCUT2D eigenvalue weighted by Gasteiger charge is -2.06. The number of carbonyl (C=O) groups is 2. The Morgan fingerprint density at radius 1 is 1.10 bits per heavy atom. The topological polar surface area (TPSA) is 101 Å². The summed E-state index contributed by atoms with van der Waals surface area (Å²) in [6.45, 7) is -0.128. The number of aliphatic carboxylic acids is 1. The van der Waals surface area contributed by atoms with Gasteiger partial charge in [-0.2, -0.15) is 13.2 Å². The number of hydrogen-bond donors (Lipinski definition) is 2. The molecule has 7 nitrogen and oxygen atoms in total. The highest BCUT2D eigenvalue weighted by Crippen LogP contribution is 2.20. The van der Waals surface area contributed by atoms with Crippen molar-refractivity contribution < 1.29 is 37.0 Å². The Hall–Kier alpha value is -3.54. The van der Waals surface area contributed by atoms with Crippen molar-refractivity contribution in [2.75, 3.05) is 11.9 Å². The molecular formula is C18H13F4N3O4S. The molecule has 0 saturated carbocycles. The molecule has 0 radical (unpaired) electrons. The first-order valence-corrected chi connectivity index (χ1v) is 8.87. The van der Waals surface area contributed by atoms with E-state index < -0.39 is 12.1 Å². The predicted molar refractivity (Wildman–Crippen MR) is 99.6 cm³/mol. The Labute approximate surface area is 171 Å². The van der Waals surface area contributed by atoms with Crippen molar-refractivity contribution in [3.05, 3.63) is 60.0 Å². The quantitative estimate of drug-likeness (QED) is 0.578. The largest absolute Gasteiger partial charge is 0.490 e. The zero-order chi connectivity index (χ0) is 22.1. The van der Waals surface area contributed by atoms with Crippen LogP contribution in [0.25, 0.3) is 11.3 Å². The number of ether oxygens (including phenoxy) is 1. The molecule has 0 fully saturated rings. The molecule has 0 aliphatic rings. The van der Waals surface area contributed by atoms with Gasteiger partial charge in [0, 0.05) is 17.1 Å². The maximum absolute atomic E-state index is 12.9. The molecule has 3 rings (SSSR count). The Kier molecular flexibility index (Phi) is 7.81. The lowest BCUT2D eigenvalue weighted by Crippen LogP contribution is -2.21. The fourth-order valence-electron chi connectivity index (χ4n) is 1.85. The van der Waals surface area contributed by atoms with E-state index in [2.05, 4.69) is 15.3 Å². The first-order chi connectivity index (χ1) is 14.1. The monoisotopic (exact) mass is 443 g/mol. The molecule has 1 amide bonds. The summed E-state index contributed by atoms with van der Waals surface area (Å²) in [5, 5.41) is 12.1. The van der Waals surface area contributed by atoms with Gasteiger partial charge in [-0.25, -0.2) is 14.2 Å². The van der Waals surface area contributed by atoms with Gasteiger partial charge in [0.25, 0.3) is 5.91 Å². The van der Waals surface area contributed by atoms with Gasteiger partial charge in [0.15, 0.2) is 11.7 Å². The summed E-state index contributed by atoms with van der Waals surface area (Å²) in [6.07, 6.45) is -1.95. The van der Waals surface area contributed by atoms with Crippen LogP contribution in [-0.2, 0) is 9.59 Å². The third kappa shape index (κ3) is 7.47. The Morgan fingerprint density at radius 2 is 1.77 bits per heavy atom. The molecule has 0 atom stereocenters. The molecule has 2 N–H and O–H groups in total. The van der Waals surface area contributed by atoms with Crippen molar-refractivity contribution in [2.24, 2.45) is 0 Å². The summed E-state index contributed by atoms with van der Waals surface area (Å²) in [7, 11) is 0. The van der Waals surface area contributed by atoms with E-state index in [0.29, 0.717) is 16.6 Å². The van der Waals surface area contributed by atoms with Gasteiger partial charge in [0.1, 0.15) is 11.6 Å². The minimum Gasteiger partial charge on any atom is -0.482 e. The third-order valence-electron chi connectivity index (χ3n) is 3.17. The van der Waals surface area contributed by atoms with Crippen LogP contribution in [-0.4, -0.2) is 39.7 Å². The number of rotatable bonds is 5. The summed E-state index contributed by atoms with van der Waals surface area (Å²) in [5.74, 6) is -2.86. The fraction of sp³-hybridized carbons (Fsp3) is 0.111. The molecule has 0 unspecified atom stereocenters. The minimum atomic E-state index is -5.08. The van der Waals surface area contributed by atoms with E-state index in [0.717, 1.165) is 5.56 Å². The van der Waals surface area contributed by atoms with E-state index in [1.165, 1.54) is 29.7 Å². The number of amides is 1. The molecule has 30 heavy (non-hydrogen) atoms. The van der Waals surface area contributed by atoms with Crippen LogP contribution in [0.4, 0.5) is 22.7 Å². The Morgan fingerprint density at radius 3 is 2.27 bits per heavy atom. The normalized spacial score (nSPS) is 10.5. The van der Waals surface area contributed by atoms with Crippen LogP contribution in [0.5, 0.6) is 5.75 Å². The molecular weight excluding hydrogens is 430 g/mol. The van der Waals surface area contributed by atoms with Crippen LogP contribution in [0, 0.1) is 5.82 Å². The van der Waals surface area contributed by atoms with Crippen LogP contribution >= 0.6 is 11.3 Å². The molecule has 2 aromatic heterocycles. The lowest BCUT2D eigenvalue weighted by molar-refractivity contribution is -0.192. The third-order valence-corrected chi connectivity index (χ3v) is 3.86. The van der Waals surface area contributed by atoms with E-state index >= 15 is 0 Å². The summed E-state index contributed by atoms with van der Waals surface area (Å²) >= 11 is 1.34. The molecule has 0 spiro atoms. The van der Waals surface area contributed by atoms with Crippen molar-refractivity contribution in [1.82, 2.24) is 9.97 Å². The number of nitrogens with one attached hydrogen (secondary N) is 1. The lowest BCUT2D eigenvalue weighted by atomic mass is 10.1. The zero-order valence-corrected chi connectivity index (χ0v) is 15.7. The Balaban J connectivity index is 0.000000396. The number of halogens is 4. The Bertz CT molecular complexity index is 963. The van der Waals surface area contributed by atoms with Gasteiger partial charge in [-0.1, -0.05) is 0 Å². The molecule has 3 aromatic rings. The number of carbonyl (C=O) groups excluding carboxylic acids is 1. The van der Waals surface area contributed by atoms with Gasteiger partial charge < -0.3 is 9.84 Å². The second-order valence-corrected chi connectivity index (χ2v) is 6.26. The van der Waals surface area contributed by atoms with Gasteiger partial charge in [-0.3, -0.25) is 15.1 Å². The van der Waals surface area contributed by atoms with Crippen molar-refractivity contribution in [2.45, 2.75) is 6.18 Å². The number of thiazole rings is 1. The number of anilines is 1. The van der Waals surface area contributed by atoms with Gasteiger partial charge in [0.05, 0.1) is 11.9 Å². The van der Waals surface area contributed by atoms with E-state index in [4.69, 9.17) is 14.6 Å². The molecule has 0 aliphatic heterocycles. The second kappa shape index (κ2) is 10.3. The number of alkyl halides is 3. The zero-order valence-electron chi connectivity index (χ0n) is 14.9. The molecule has 0 aliphatic carbocycles. The van der Waals surface area contributed by atoms with Crippen LogP contribution in [0.1, 0.15) is 0 Å². The van der Waals surface area contributed by atoms with Crippen LogP contribution < -0.4 is 10.1 Å². The number of nitrogens with zero attached hydrogens (tertiary/aromatic N) is 2. The number of carboxylic acids is 1. The summed E-state index contributed by atoms with van der Waals surface area (Å²) in [4.78, 5) is 28.8. The standard InChI is InChI=1S/C16H12FN3O2S.C2HF3O2/c17-12-3-1-11(2-4-12)14-6-5-13(9-19-14)22-10-15(21)20-16-18-7-8-23-16;3-2(4,5)1(6)7/h1-9H,10H2,(H,18,20,21);(H,6,7). The average molecular weight is 443 g/mol. The molecule has 12 heteroatoms. The molecule has 158 valence electrons. The highest BCUT2D eigenvalue weighted by molar-refractivity contribution is 7.13. The first kappa shape index (κ1) is 22.7. The molecule has 1 aromatic carbocycles. The molecule has 2 heterocycles. The van der Waals surface area contributed by atoms with Gasteiger partial charge in [-0.05, 0) is 36.4 Å². The second-order valence-electron chi connectivity index (χ2n) is 5.36. The number of carboxylic acid groups (broad SMARTS) is 1. The molecule has 0 bridgehead atoms. The van der Waals surface area contributed by atoms with Crippen LogP contribution in [0.3, 0.4) is 0 Å². The summed E-state index contributed by atoms with van der Waals surface area (Å²) in [6, 6.07) is 9.53. The van der Waals surface area contributed by atoms with E-state index in [1.807, 2.05) is 0 Å². The van der Waals surface area contributed by atoms with E-state index in [-0.39, 0.29) is 18.3 Å². The fourth-order valence-corrected chi connectivity index (χ4v) is 2.39. The number of hydrogen-bond acceptors (Lipinski definition) is 6. The summed E-state index contributed by atoms with van der Waals surface area (Å²) < 4.78 is 50.0. The smallest absolute Gasteiger partial charge is 0.482 e. The van der Waals surface area contributed by atoms with Gasteiger partial charge in [-0.15, -0.1) is 11.3 Å².